The quantitative estimate of drug-likeness (QED) is 0.467. The van der Waals surface area contributed by atoms with Crippen molar-refractivity contribution in [2.45, 2.75) is 0 Å². The highest BCUT2D eigenvalue weighted by Gasteiger charge is 2.09. The maximum Gasteiger partial charge on any atom is 0.0439 e. The van der Waals surface area contributed by atoms with Crippen molar-refractivity contribution in [2.75, 3.05) is 26.2 Å². The second-order valence-electron chi connectivity index (χ2n) is 1.99. The first-order valence-corrected chi connectivity index (χ1v) is 2.72. The van der Waals surface area contributed by atoms with Crippen molar-refractivity contribution in [2.24, 2.45) is 0 Å². The van der Waals surface area contributed by atoms with Crippen LogP contribution in [0, 0.1) is 7.05 Å². The molecule has 0 unspecified atom stereocenters. The molecule has 1 N–H and O–H groups in total. The van der Waals surface area contributed by atoms with Crippen LogP contribution in [-0.4, -0.2) is 41.3 Å². The van der Waals surface area contributed by atoms with Crippen LogP contribution in [0.3, 0.4) is 0 Å². The predicted octanol–water partition coefficient (Wildman–Crippen LogP) is -0.338. The molecule has 1 aliphatic heterocycles. The monoisotopic (exact) mass is 114 g/mol. The highest BCUT2D eigenvalue weighted by atomic mass is 16.5. The van der Waals surface area contributed by atoms with Crippen LogP contribution in [0.15, 0.2) is 0 Å². The lowest BCUT2D eigenvalue weighted by molar-refractivity contribution is -0.112. The van der Waals surface area contributed by atoms with Crippen molar-refractivity contribution < 1.29 is 5.21 Å². The van der Waals surface area contributed by atoms with Crippen LogP contribution in [0.4, 0.5) is 0 Å². The van der Waals surface area contributed by atoms with Gasteiger partial charge in [-0.05, 0) is 0 Å². The zero-order valence-electron chi connectivity index (χ0n) is 4.75. The van der Waals surface area contributed by atoms with Crippen molar-refractivity contribution in [3.8, 4) is 0 Å². The van der Waals surface area contributed by atoms with Crippen LogP contribution in [0.2, 0.25) is 0 Å². The van der Waals surface area contributed by atoms with Crippen LogP contribution in [0.25, 0.3) is 0 Å². The Balaban J connectivity index is 2.19. The topological polar surface area (TPSA) is 26.7 Å². The molecule has 46 valence electrons. The van der Waals surface area contributed by atoms with E-state index in [0.29, 0.717) is 13.1 Å². The zero-order chi connectivity index (χ0) is 5.98. The minimum atomic E-state index is 0.663. The van der Waals surface area contributed by atoms with E-state index in [2.05, 4.69) is 0 Å². The van der Waals surface area contributed by atoms with Crippen molar-refractivity contribution in [3.05, 3.63) is 7.05 Å². The Kier molecular flexibility index (Phi) is 1.83. The highest BCUT2D eigenvalue weighted by molar-refractivity contribution is 4.64. The van der Waals surface area contributed by atoms with Gasteiger partial charge in [0.1, 0.15) is 0 Å². The van der Waals surface area contributed by atoms with Gasteiger partial charge in [0.25, 0.3) is 0 Å². The first-order valence-electron chi connectivity index (χ1n) is 2.72. The van der Waals surface area contributed by atoms with Crippen LogP contribution in [0.5, 0.6) is 0 Å². The third kappa shape index (κ3) is 1.43. The summed E-state index contributed by atoms with van der Waals surface area (Å²) in [4.78, 5) is 1.70. The summed E-state index contributed by atoms with van der Waals surface area (Å²) in [6.45, 7) is 2.85. The van der Waals surface area contributed by atoms with Crippen LogP contribution >= 0.6 is 0 Å². The second kappa shape index (κ2) is 2.44. The number of rotatable bonds is 0. The van der Waals surface area contributed by atoms with Gasteiger partial charge in [-0.25, -0.2) is 0 Å². The molecule has 0 bridgehead atoms. The average molecular weight is 114 g/mol. The SMILES string of the molecule is [CH]N1CCN(O)CC1. The number of hydrogen-bond acceptors (Lipinski definition) is 3. The molecule has 3 nitrogen and oxygen atoms in total. The van der Waals surface area contributed by atoms with Crippen LogP contribution in [-0.2, 0) is 0 Å². The maximum atomic E-state index is 8.78. The number of nitrogens with zero attached hydrogens (tertiary/aromatic N) is 2. The van der Waals surface area contributed by atoms with E-state index in [9.17, 15) is 0 Å². The summed E-state index contributed by atoms with van der Waals surface area (Å²) in [6.07, 6.45) is 0. The molecule has 2 radical (unpaired) electrons. The third-order valence-electron chi connectivity index (χ3n) is 1.29. The molecule has 1 rings (SSSR count). The van der Waals surface area contributed by atoms with Gasteiger partial charge in [-0.1, -0.05) is 0 Å². The lowest BCUT2D eigenvalue weighted by atomic mass is 10.4. The molecule has 0 aromatic rings. The number of piperazine rings is 1. The molecule has 0 aromatic heterocycles. The van der Waals surface area contributed by atoms with Gasteiger partial charge >= 0.3 is 0 Å². The molecule has 1 fully saturated rings. The van der Waals surface area contributed by atoms with Gasteiger partial charge in [-0.2, -0.15) is 5.06 Å². The molecule has 0 aromatic carbocycles. The van der Waals surface area contributed by atoms with Crippen LogP contribution < -0.4 is 0 Å². The molecule has 0 atom stereocenters. The third-order valence-corrected chi connectivity index (χ3v) is 1.29. The van der Waals surface area contributed by atoms with Gasteiger partial charge in [0, 0.05) is 33.2 Å². The Morgan fingerprint density at radius 2 is 1.62 bits per heavy atom. The summed E-state index contributed by atoms with van der Waals surface area (Å²) in [5.74, 6) is 0. The minimum Gasteiger partial charge on any atom is -0.314 e. The molecule has 3 heteroatoms. The predicted molar refractivity (Wildman–Crippen MR) is 29.2 cm³/mol. The summed E-state index contributed by atoms with van der Waals surface area (Å²) >= 11 is 0. The highest BCUT2D eigenvalue weighted by Crippen LogP contribution is 1.94. The number of hydroxylamine groups is 2. The van der Waals surface area contributed by atoms with Crippen molar-refractivity contribution >= 4 is 0 Å². The maximum absolute atomic E-state index is 8.78. The molecule has 0 aliphatic carbocycles. The van der Waals surface area contributed by atoms with Crippen molar-refractivity contribution in [3.63, 3.8) is 0 Å². The lowest BCUT2D eigenvalue weighted by Crippen LogP contribution is -2.41. The van der Waals surface area contributed by atoms with E-state index in [0.717, 1.165) is 13.1 Å². The largest absolute Gasteiger partial charge is 0.314 e. The smallest absolute Gasteiger partial charge is 0.0439 e. The molecule has 8 heavy (non-hydrogen) atoms. The molecule has 1 heterocycles. The van der Waals surface area contributed by atoms with Gasteiger partial charge in [-0.3, -0.25) is 4.90 Å². The van der Waals surface area contributed by atoms with E-state index in [1.165, 1.54) is 5.06 Å². The Morgan fingerprint density at radius 1 is 1.12 bits per heavy atom. The summed E-state index contributed by atoms with van der Waals surface area (Å²) < 4.78 is 0. The Hall–Kier alpha value is -0.120. The van der Waals surface area contributed by atoms with E-state index in [1.54, 1.807) is 4.90 Å². The minimum absolute atomic E-state index is 0.663. The van der Waals surface area contributed by atoms with Gasteiger partial charge in [0.05, 0.1) is 0 Å². The first kappa shape index (κ1) is 6.01. The molecule has 1 aliphatic rings. The van der Waals surface area contributed by atoms with E-state index in [1.807, 2.05) is 0 Å². The molecule has 0 spiro atoms. The molecular formula is C5H10N2O. The summed E-state index contributed by atoms with van der Waals surface area (Å²) in [7, 11) is 5.39. The van der Waals surface area contributed by atoms with E-state index in [4.69, 9.17) is 12.3 Å². The van der Waals surface area contributed by atoms with E-state index in [-0.39, 0.29) is 0 Å². The van der Waals surface area contributed by atoms with Gasteiger partial charge in [0.2, 0.25) is 0 Å². The Labute approximate surface area is 49.5 Å². The molecule has 1 saturated heterocycles. The van der Waals surface area contributed by atoms with Gasteiger partial charge < -0.3 is 5.21 Å². The zero-order valence-corrected chi connectivity index (χ0v) is 4.75. The standard InChI is InChI=1S/C5H10N2O/c1-6-2-4-7(8)5-3-6/h1,8H,2-5H2. The Bertz CT molecular complexity index is 58.8. The van der Waals surface area contributed by atoms with Gasteiger partial charge in [-0.15, -0.1) is 0 Å². The number of hydrogen-bond donors (Lipinski definition) is 1. The van der Waals surface area contributed by atoms with E-state index < -0.39 is 0 Å². The van der Waals surface area contributed by atoms with Crippen molar-refractivity contribution in [1.82, 2.24) is 9.96 Å². The Morgan fingerprint density at radius 3 is 2.00 bits per heavy atom. The normalized spacial score (nSPS) is 26.2. The fourth-order valence-electron chi connectivity index (χ4n) is 0.711. The van der Waals surface area contributed by atoms with Crippen molar-refractivity contribution in [1.29, 1.82) is 0 Å². The molecule has 0 amide bonds. The first-order chi connectivity index (χ1) is 3.79. The average Bonchev–Trinajstić information content (AvgIpc) is 1.77. The molecule has 0 saturated carbocycles. The lowest BCUT2D eigenvalue weighted by Gasteiger charge is -2.26. The summed E-state index contributed by atoms with van der Waals surface area (Å²) in [5, 5.41) is 10.1. The van der Waals surface area contributed by atoms with Crippen LogP contribution in [0.1, 0.15) is 0 Å². The van der Waals surface area contributed by atoms with E-state index >= 15 is 0 Å². The molecular weight excluding hydrogens is 104 g/mol. The summed E-state index contributed by atoms with van der Waals surface area (Å²) in [6, 6.07) is 0. The fraction of sp³-hybridized carbons (Fsp3) is 0.800. The second-order valence-corrected chi connectivity index (χ2v) is 1.99. The summed E-state index contributed by atoms with van der Waals surface area (Å²) in [5.41, 5.74) is 0. The fourth-order valence-corrected chi connectivity index (χ4v) is 0.711. The van der Waals surface area contributed by atoms with Gasteiger partial charge in [0.15, 0.2) is 0 Å².